The highest BCUT2D eigenvalue weighted by Crippen LogP contribution is 2.41. The fourth-order valence-corrected chi connectivity index (χ4v) is 7.02. The van der Waals surface area contributed by atoms with Crippen LogP contribution in [0.4, 0.5) is 4.39 Å². The van der Waals surface area contributed by atoms with E-state index in [9.17, 15) is 9.18 Å². The van der Waals surface area contributed by atoms with Crippen LogP contribution in [0.15, 0.2) is 59.6 Å². The number of carbonyl (C=O) groups is 1. The highest BCUT2D eigenvalue weighted by atomic mass is 32.2. The number of esters is 1. The molecule has 9 heteroatoms. The van der Waals surface area contributed by atoms with E-state index < -0.39 is 5.60 Å². The smallest absolute Gasteiger partial charge is 0.332 e. The number of ether oxygens (including phenoxy) is 4. The third-order valence-corrected chi connectivity index (χ3v) is 9.17. The zero-order valence-corrected chi connectivity index (χ0v) is 27.7. The molecule has 2 aromatic carbocycles. The standard InChI is InChI=1S/C36H47FN2O5S/c1-36(2,3)44-31(40)25-41-24-27-17-15-26(16-18-27)23-39-34(28-10-5-4-6-11-28)33(29-12-9-13-30(37)22-29)35(38-39)45-21-20-43-32-14-7-8-19-42-32/h4-6,9-13,22,26-27,32H,7-8,14-21,23-25H2,1-3H3/t26-,27+,32?. The summed E-state index contributed by atoms with van der Waals surface area (Å²) in [7, 11) is 0. The van der Waals surface area contributed by atoms with Gasteiger partial charge >= 0.3 is 5.97 Å². The van der Waals surface area contributed by atoms with Gasteiger partial charge in [-0.05, 0) is 95.2 Å². The summed E-state index contributed by atoms with van der Waals surface area (Å²) in [5.41, 5.74) is 3.36. The van der Waals surface area contributed by atoms with Crippen LogP contribution in [-0.2, 0) is 30.3 Å². The van der Waals surface area contributed by atoms with Gasteiger partial charge in [0.25, 0.3) is 0 Å². The van der Waals surface area contributed by atoms with Crippen LogP contribution in [0.25, 0.3) is 22.4 Å². The maximum absolute atomic E-state index is 14.5. The van der Waals surface area contributed by atoms with Crippen LogP contribution in [-0.4, -0.2) is 59.8 Å². The minimum Gasteiger partial charge on any atom is -0.458 e. The lowest BCUT2D eigenvalue weighted by Crippen LogP contribution is -2.28. The number of benzene rings is 2. The average molecular weight is 639 g/mol. The van der Waals surface area contributed by atoms with Crippen LogP contribution in [0.2, 0.25) is 0 Å². The first kappa shape index (κ1) is 33.6. The van der Waals surface area contributed by atoms with Gasteiger partial charge in [-0.1, -0.05) is 42.5 Å². The fraction of sp³-hybridized carbons (Fsp3) is 0.556. The van der Waals surface area contributed by atoms with Crippen LogP contribution in [0.3, 0.4) is 0 Å². The van der Waals surface area contributed by atoms with Gasteiger partial charge in [0.15, 0.2) is 6.29 Å². The first-order chi connectivity index (χ1) is 21.7. The quantitative estimate of drug-likeness (QED) is 0.106. The molecule has 1 aromatic heterocycles. The second kappa shape index (κ2) is 16.2. The summed E-state index contributed by atoms with van der Waals surface area (Å²) in [4.78, 5) is 12.0. The Morgan fingerprint density at radius 1 is 1.00 bits per heavy atom. The van der Waals surface area contributed by atoms with Gasteiger partial charge in [0, 0.05) is 30.0 Å². The molecular weight excluding hydrogens is 591 g/mol. The fourth-order valence-electron chi connectivity index (χ4n) is 6.13. The molecule has 5 rings (SSSR count). The predicted octanol–water partition coefficient (Wildman–Crippen LogP) is 8.16. The maximum atomic E-state index is 14.5. The Kier molecular flexibility index (Phi) is 12.1. The second-order valence-corrected chi connectivity index (χ2v) is 14.2. The molecule has 244 valence electrons. The largest absolute Gasteiger partial charge is 0.458 e. The van der Waals surface area contributed by atoms with Crippen molar-refractivity contribution in [2.45, 2.75) is 89.2 Å². The summed E-state index contributed by atoms with van der Waals surface area (Å²) in [5.74, 6) is 1.03. The minimum atomic E-state index is -0.506. The number of carbonyl (C=O) groups excluding carboxylic acids is 1. The van der Waals surface area contributed by atoms with Crippen molar-refractivity contribution in [3.63, 3.8) is 0 Å². The molecule has 1 atom stereocenters. The van der Waals surface area contributed by atoms with Gasteiger partial charge in [-0.2, -0.15) is 5.10 Å². The third kappa shape index (κ3) is 10.1. The van der Waals surface area contributed by atoms with Gasteiger partial charge in [0.1, 0.15) is 23.1 Å². The van der Waals surface area contributed by atoms with Crippen LogP contribution < -0.4 is 0 Å². The van der Waals surface area contributed by atoms with Crippen molar-refractivity contribution in [3.8, 4) is 22.4 Å². The lowest BCUT2D eigenvalue weighted by molar-refractivity contribution is -0.160. The topological polar surface area (TPSA) is 71.8 Å². The number of thioether (sulfide) groups is 1. The summed E-state index contributed by atoms with van der Waals surface area (Å²) in [6, 6.07) is 17.1. The Bertz CT molecular complexity index is 1360. The van der Waals surface area contributed by atoms with Crippen LogP contribution in [0, 0.1) is 17.7 Å². The van der Waals surface area contributed by atoms with Gasteiger partial charge in [-0.3, -0.25) is 4.68 Å². The van der Waals surface area contributed by atoms with Crippen molar-refractivity contribution in [3.05, 3.63) is 60.4 Å². The molecule has 0 bridgehead atoms. The molecule has 0 spiro atoms. The van der Waals surface area contributed by atoms with E-state index in [0.717, 1.165) is 91.3 Å². The molecule has 0 amide bonds. The number of aromatic nitrogens is 2. The minimum absolute atomic E-state index is 0.00700. The molecule has 1 saturated carbocycles. The van der Waals surface area contributed by atoms with E-state index in [-0.39, 0.29) is 24.7 Å². The molecule has 45 heavy (non-hydrogen) atoms. The monoisotopic (exact) mass is 638 g/mol. The lowest BCUT2D eigenvalue weighted by atomic mass is 9.82. The Labute approximate surface area is 271 Å². The van der Waals surface area contributed by atoms with Crippen molar-refractivity contribution < 1.29 is 28.1 Å². The Balaban J connectivity index is 1.29. The van der Waals surface area contributed by atoms with Crippen molar-refractivity contribution in [1.82, 2.24) is 9.78 Å². The van der Waals surface area contributed by atoms with E-state index in [1.54, 1.807) is 23.9 Å². The second-order valence-electron chi connectivity index (χ2n) is 13.1. The van der Waals surface area contributed by atoms with Crippen molar-refractivity contribution in [2.75, 3.05) is 32.2 Å². The number of hydrogen-bond donors (Lipinski definition) is 0. The van der Waals surface area contributed by atoms with Crippen LogP contribution in [0.5, 0.6) is 0 Å². The normalized spacial score (nSPS) is 20.7. The summed E-state index contributed by atoms with van der Waals surface area (Å²) in [5, 5.41) is 6.07. The van der Waals surface area contributed by atoms with Crippen molar-refractivity contribution in [1.29, 1.82) is 0 Å². The molecule has 3 aromatic rings. The summed E-state index contributed by atoms with van der Waals surface area (Å²) < 4.78 is 39.5. The zero-order valence-electron chi connectivity index (χ0n) is 26.8. The molecule has 1 aliphatic heterocycles. The van der Waals surface area contributed by atoms with E-state index in [1.165, 1.54) is 6.07 Å². The maximum Gasteiger partial charge on any atom is 0.332 e. The number of nitrogens with zero attached hydrogens (tertiary/aromatic N) is 2. The summed E-state index contributed by atoms with van der Waals surface area (Å²) >= 11 is 1.65. The summed E-state index contributed by atoms with van der Waals surface area (Å²) in [6.07, 6.45) is 7.23. The number of hydrogen-bond acceptors (Lipinski definition) is 7. The molecule has 0 N–H and O–H groups in total. The number of halogens is 1. The van der Waals surface area contributed by atoms with E-state index in [0.29, 0.717) is 25.0 Å². The van der Waals surface area contributed by atoms with E-state index in [1.807, 2.05) is 45.0 Å². The molecule has 1 unspecified atom stereocenters. The van der Waals surface area contributed by atoms with Gasteiger partial charge in [-0.15, -0.1) is 11.8 Å². The Morgan fingerprint density at radius 3 is 2.47 bits per heavy atom. The highest BCUT2D eigenvalue weighted by Gasteiger charge is 2.27. The summed E-state index contributed by atoms with van der Waals surface area (Å²) in [6.45, 7) is 8.25. The molecule has 0 radical (unpaired) electrons. The molecular formula is C36H47FN2O5S. The Morgan fingerprint density at radius 2 is 1.76 bits per heavy atom. The van der Waals surface area contributed by atoms with E-state index >= 15 is 0 Å². The van der Waals surface area contributed by atoms with Crippen molar-refractivity contribution in [2.24, 2.45) is 11.8 Å². The van der Waals surface area contributed by atoms with Gasteiger partial charge in [0.05, 0.1) is 18.9 Å². The molecule has 2 fully saturated rings. The highest BCUT2D eigenvalue weighted by molar-refractivity contribution is 7.99. The van der Waals surface area contributed by atoms with E-state index in [4.69, 9.17) is 24.0 Å². The Hall–Kier alpha value is -2.72. The van der Waals surface area contributed by atoms with Gasteiger partial charge in [-0.25, -0.2) is 9.18 Å². The predicted molar refractivity (Wildman–Crippen MR) is 175 cm³/mol. The third-order valence-electron chi connectivity index (χ3n) is 8.24. The average Bonchev–Trinajstić information content (AvgIpc) is 3.38. The van der Waals surface area contributed by atoms with E-state index in [2.05, 4.69) is 16.8 Å². The SMILES string of the molecule is CC(C)(C)OC(=O)COC[C@H]1CC[C@@H](Cn2nc(SCCOC3CCCCO3)c(-c3cccc(F)c3)c2-c2ccccc2)CC1. The first-order valence-electron chi connectivity index (χ1n) is 16.3. The molecule has 2 aliphatic rings. The molecule has 1 aliphatic carbocycles. The molecule has 1 saturated heterocycles. The van der Waals surface area contributed by atoms with Gasteiger partial charge < -0.3 is 18.9 Å². The van der Waals surface area contributed by atoms with Crippen LogP contribution in [0.1, 0.15) is 65.7 Å². The zero-order chi connectivity index (χ0) is 31.6. The molecule has 7 nitrogen and oxygen atoms in total. The number of rotatable bonds is 13. The lowest BCUT2D eigenvalue weighted by Gasteiger charge is -2.29. The first-order valence-corrected chi connectivity index (χ1v) is 17.3. The molecule has 2 heterocycles. The van der Waals surface area contributed by atoms with Crippen LogP contribution >= 0.6 is 11.8 Å². The van der Waals surface area contributed by atoms with Crippen molar-refractivity contribution >= 4 is 17.7 Å². The van der Waals surface area contributed by atoms with Gasteiger partial charge in [0.2, 0.25) is 0 Å².